The maximum atomic E-state index is 14.0. The van der Waals surface area contributed by atoms with Crippen molar-refractivity contribution in [2.45, 2.75) is 32.2 Å². The average molecular weight is 522 g/mol. The molecule has 0 saturated carbocycles. The van der Waals surface area contributed by atoms with Crippen molar-refractivity contribution in [3.63, 3.8) is 0 Å². The van der Waals surface area contributed by atoms with E-state index in [9.17, 15) is 14.0 Å². The van der Waals surface area contributed by atoms with Crippen LogP contribution in [0.1, 0.15) is 53.9 Å². The Labute approximate surface area is 218 Å². The molecule has 0 saturated heterocycles. The van der Waals surface area contributed by atoms with Gasteiger partial charge >= 0.3 is 0 Å². The Hall–Kier alpha value is -3.84. The molecule has 1 unspecified atom stereocenters. The highest BCUT2D eigenvalue weighted by atomic mass is 35.5. The standard InChI is InChI=1S/C29H25ClFNO5/c1-3-4-5-13-36-20-8-6-7-17(14-20)26-25-27(33)21-15-18(31)9-11-23(21)37-28(25)29(34)32(26)19-10-12-24(35-2)22(30)16-19/h6-12,14-16,26H,3-5,13H2,1-2H3. The van der Waals surface area contributed by atoms with E-state index in [0.29, 0.717) is 34.4 Å². The summed E-state index contributed by atoms with van der Waals surface area (Å²) in [5.41, 5.74) is 0.912. The van der Waals surface area contributed by atoms with Crippen molar-refractivity contribution in [2.24, 2.45) is 0 Å². The lowest BCUT2D eigenvalue weighted by atomic mass is 9.98. The molecule has 3 aromatic carbocycles. The number of carbonyl (C=O) groups is 1. The van der Waals surface area contributed by atoms with Crippen LogP contribution in [0.2, 0.25) is 5.02 Å². The van der Waals surface area contributed by atoms with Gasteiger partial charge in [0.2, 0.25) is 5.76 Å². The van der Waals surface area contributed by atoms with E-state index in [1.54, 1.807) is 18.2 Å². The Bertz CT molecular complexity index is 1550. The maximum absolute atomic E-state index is 14.0. The minimum Gasteiger partial charge on any atom is -0.495 e. The zero-order valence-corrected chi connectivity index (χ0v) is 21.2. The fraction of sp³-hybridized carbons (Fsp3) is 0.241. The van der Waals surface area contributed by atoms with Gasteiger partial charge in [0.1, 0.15) is 22.9 Å². The summed E-state index contributed by atoms with van der Waals surface area (Å²) in [5.74, 6) is -0.0847. The summed E-state index contributed by atoms with van der Waals surface area (Å²) in [6, 6.07) is 15.1. The first-order chi connectivity index (χ1) is 17.9. The lowest BCUT2D eigenvalue weighted by Crippen LogP contribution is -2.29. The quantitative estimate of drug-likeness (QED) is 0.236. The van der Waals surface area contributed by atoms with E-state index in [4.69, 9.17) is 25.5 Å². The molecule has 0 aliphatic carbocycles. The van der Waals surface area contributed by atoms with Gasteiger partial charge in [-0.15, -0.1) is 0 Å². The van der Waals surface area contributed by atoms with E-state index in [2.05, 4.69) is 6.92 Å². The SMILES string of the molecule is CCCCCOc1cccc(C2c3c(oc4ccc(F)cc4c3=O)C(=O)N2c2ccc(OC)c(Cl)c2)c1. The lowest BCUT2D eigenvalue weighted by Gasteiger charge is -2.26. The molecular formula is C29H25ClFNO5. The Morgan fingerprint density at radius 3 is 2.65 bits per heavy atom. The molecule has 8 heteroatoms. The Balaban J connectivity index is 1.68. The van der Waals surface area contributed by atoms with Crippen LogP contribution in [-0.4, -0.2) is 19.6 Å². The molecular weight excluding hydrogens is 497 g/mol. The molecule has 1 aromatic heterocycles. The van der Waals surface area contributed by atoms with Crippen LogP contribution in [0.3, 0.4) is 0 Å². The number of benzene rings is 3. The molecule has 6 nitrogen and oxygen atoms in total. The number of carbonyl (C=O) groups excluding carboxylic acids is 1. The van der Waals surface area contributed by atoms with Crippen LogP contribution >= 0.6 is 11.6 Å². The summed E-state index contributed by atoms with van der Waals surface area (Å²) in [6.45, 7) is 2.68. The van der Waals surface area contributed by atoms with E-state index in [1.807, 2.05) is 24.3 Å². The predicted molar refractivity (Wildman–Crippen MR) is 141 cm³/mol. The molecule has 1 amide bonds. The van der Waals surface area contributed by atoms with Crippen molar-refractivity contribution in [2.75, 3.05) is 18.6 Å². The van der Waals surface area contributed by atoms with Gasteiger partial charge in [0.05, 0.1) is 35.7 Å². The van der Waals surface area contributed by atoms with Gasteiger partial charge in [0.25, 0.3) is 5.91 Å². The number of unbranched alkanes of at least 4 members (excludes halogenated alkanes) is 2. The topological polar surface area (TPSA) is 69.0 Å². The number of fused-ring (bicyclic) bond motifs is 2. The second-order valence-electron chi connectivity index (χ2n) is 8.84. The maximum Gasteiger partial charge on any atom is 0.295 e. The minimum absolute atomic E-state index is 0.0677. The highest BCUT2D eigenvalue weighted by Crippen LogP contribution is 2.43. The number of hydrogen-bond acceptors (Lipinski definition) is 5. The van der Waals surface area contributed by atoms with Crippen LogP contribution in [-0.2, 0) is 0 Å². The number of rotatable bonds is 8. The lowest BCUT2D eigenvalue weighted by molar-refractivity contribution is 0.0971. The Morgan fingerprint density at radius 1 is 1.05 bits per heavy atom. The Morgan fingerprint density at radius 2 is 1.89 bits per heavy atom. The van der Waals surface area contributed by atoms with Gasteiger partial charge < -0.3 is 13.9 Å². The van der Waals surface area contributed by atoms with Crippen LogP contribution in [0, 0.1) is 5.82 Å². The van der Waals surface area contributed by atoms with Crippen LogP contribution in [0.5, 0.6) is 11.5 Å². The van der Waals surface area contributed by atoms with Crippen molar-refractivity contribution < 1.29 is 23.1 Å². The monoisotopic (exact) mass is 521 g/mol. The highest BCUT2D eigenvalue weighted by Gasteiger charge is 2.44. The molecule has 190 valence electrons. The van der Waals surface area contributed by atoms with E-state index < -0.39 is 23.2 Å². The van der Waals surface area contributed by atoms with Gasteiger partial charge in [-0.2, -0.15) is 0 Å². The number of halogens is 2. The van der Waals surface area contributed by atoms with Gasteiger partial charge in [-0.25, -0.2) is 4.39 Å². The highest BCUT2D eigenvalue weighted by molar-refractivity contribution is 6.32. The molecule has 0 fully saturated rings. The van der Waals surface area contributed by atoms with Crippen molar-refractivity contribution in [3.8, 4) is 11.5 Å². The number of amides is 1. The average Bonchev–Trinajstić information content (AvgIpc) is 3.19. The molecule has 2 heterocycles. The van der Waals surface area contributed by atoms with Gasteiger partial charge in [-0.1, -0.05) is 43.5 Å². The van der Waals surface area contributed by atoms with Crippen molar-refractivity contribution in [1.82, 2.24) is 0 Å². The van der Waals surface area contributed by atoms with Crippen molar-refractivity contribution >= 4 is 34.2 Å². The second kappa shape index (κ2) is 10.3. The number of anilines is 1. The largest absolute Gasteiger partial charge is 0.495 e. The summed E-state index contributed by atoms with van der Waals surface area (Å²) >= 11 is 6.39. The number of ether oxygens (including phenoxy) is 2. The summed E-state index contributed by atoms with van der Waals surface area (Å²) in [6.07, 6.45) is 3.05. The third-order valence-electron chi connectivity index (χ3n) is 6.44. The molecule has 4 aromatic rings. The van der Waals surface area contributed by atoms with E-state index >= 15 is 0 Å². The van der Waals surface area contributed by atoms with Crippen LogP contribution < -0.4 is 19.8 Å². The zero-order valence-electron chi connectivity index (χ0n) is 20.4. The van der Waals surface area contributed by atoms with Crippen molar-refractivity contribution in [1.29, 1.82) is 0 Å². The van der Waals surface area contributed by atoms with E-state index in [0.717, 1.165) is 25.3 Å². The molecule has 0 radical (unpaired) electrons. The first-order valence-corrected chi connectivity index (χ1v) is 12.5. The molecule has 0 bridgehead atoms. The summed E-state index contributed by atoms with van der Waals surface area (Å²) in [4.78, 5) is 28.9. The van der Waals surface area contributed by atoms with Gasteiger partial charge in [0.15, 0.2) is 5.43 Å². The molecule has 37 heavy (non-hydrogen) atoms. The fourth-order valence-corrected chi connectivity index (χ4v) is 4.90. The summed E-state index contributed by atoms with van der Waals surface area (Å²) < 4.78 is 31.2. The first-order valence-electron chi connectivity index (χ1n) is 12.1. The smallest absolute Gasteiger partial charge is 0.295 e. The molecule has 1 aliphatic rings. The Kier molecular flexibility index (Phi) is 6.89. The number of nitrogens with zero attached hydrogens (tertiary/aromatic N) is 1. The second-order valence-corrected chi connectivity index (χ2v) is 9.25. The summed E-state index contributed by atoms with van der Waals surface area (Å²) in [7, 11) is 1.50. The van der Waals surface area contributed by atoms with Gasteiger partial charge in [0, 0.05) is 5.69 Å². The molecule has 1 aliphatic heterocycles. The van der Waals surface area contributed by atoms with Crippen LogP contribution in [0.4, 0.5) is 10.1 Å². The normalized spacial score (nSPS) is 14.8. The number of hydrogen-bond donors (Lipinski definition) is 0. The van der Waals surface area contributed by atoms with Gasteiger partial charge in [-0.3, -0.25) is 14.5 Å². The van der Waals surface area contributed by atoms with E-state index in [-0.39, 0.29) is 22.3 Å². The third-order valence-corrected chi connectivity index (χ3v) is 6.73. The van der Waals surface area contributed by atoms with Gasteiger partial charge in [-0.05, 0) is 60.5 Å². The van der Waals surface area contributed by atoms with Crippen LogP contribution in [0.25, 0.3) is 11.0 Å². The third kappa shape index (κ3) is 4.55. The van der Waals surface area contributed by atoms with Crippen molar-refractivity contribution in [3.05, 3.63) is 98.6 Å². The number of methoxy groups -OCH3 is 1. The van der Waals surface area contributed by atoms with Crippen LogP contribution in [0.15, 0.2) is 69.9 Å². The first kappa shape index (κ1) is 24.8. The molecule has 5 rings (SSSR count). The van der Waals surface area contributed by atoms with E-state index in [1.165, 1.54) is 24.1 Å². The molecule has 0 N–H and O–H groups in total. The zero-order chi connectivity index (χ0) is 26.1. The molecule has 0 spiro atoms. The fourth-order valence-electron chi connectivity index (χ4n) is 4.65. The molecule has 1 atom stereocenters. The predicted octanol–water partition coefficient (Wildman–Crippen LogP) is 6.91. The minimum atomic E-state index is -0.838. The summed E-state index contributed by atoms with van der Waals surface area (Å²) in [5, 5.41) is 0.375.